The summed E-state index contributed by atoms with van der Waals surface area (Å²) in [6.07, 6.45) is 37.9. The molecule has 268 valence electrons. The molecule has 0 aromatic heterocycles. The second kappa shape index (κ2) is 36.1. The van der Waals surface area contributed by atoms with Crippen molar-refractivity contribution in [1.82, 2.24) is 0 Å². The van der Waals surface area contributed by atoms with Crippen molar-refractivity contribution in [2.24, 2.45) is 0 Å². The lowest BCUT2D eigenvalue weighted by molar-refractivity contribution is -0.343. The van der Waals surface area contributed by atoms with Crippen molar-refractivity contribution in [2.45, 2.75) is 206 Å². The summed E-state index contributed by atoms with van der Waals surface area (Å²) >= 11 is 0. The van der Waals surface area contributed by atoms with E-state index in [1.165, 1.54) is 154 Å². The van der Waals surface area contributed by atoms with Crippen LogP contribution in [-0.4, -0.2) is 13.2 Å². The molecule has 0 heterocycles. The highest BCUT2D eigenvalue weighted by Gasteiger charge is 1.97. The summed E-state index contributed by atoms with van der Waals surface area (Å²) in [6.45, 7) is 4.58. The number of phosphoric acid groups is 2. The Morgan fingerprint density at radius 3 is 0.636 bits per heavy atom. The summed E-state index contributed by atoms with van der Waals surface area (Å²) < 4.78 is 28.8. The third kappa shape index (κ3) is 49.1. The number of unbranched alkanes of at least 4 members (excludes halogenated alkanes) is 28. The van der Waals surface area contributed by atoms with Crippen molar-refractivity contribution in [3.05, 3.63) is 0 Å². The van der Waals surface area contributed by atoms with Crippen molar-refractivity contribution >= 4 is 15.6 Å². The Bertz CT molecular complexity index is 639. The lowest BCUT2D eigenvalue weighted by atomic mass is 10.0. The minimum absolute atomic E-state index is 0.0424. The van der Waals surface area contributed by atoms with E-state index in [-0.39, 0.29) is 13.2 Å². The lowest BCUT2D eigenvalue weighted by Gasteiger charge is -2.28. The zero-order chi connectivity index (χ0) is 33.0. The molecular formula is C34H70O8P2-4. The standard InChI is InChI=1S/C22H47O4P.C12H27O4P/c1-2-3-4-5-6-7-8-9-10-11-12-13-14-15-16-17-18-19-20-21-22-26-27(23,24)25;1-2-3-4-5-6-7-8-9-10-11-12-16-17(13,14)15/h2-22H2,1H3,(H2,23,24,25);2-12H2,1H3,(H2,13,14,15)/p-4. The largest absolute Gasteiger partial charge is 0.790 e. The molecule has 44 heavy (non-hydrogen) atoms. The predicted molar refractivity (Wildman–Crippen MR) is 177 cm³/mol. The van der Waals surface area contributed by atoms with E-state index in [0.29, 0.717) is 12.8 Å². The van der Waals surface area contributed by atoms with Gasteiger partial charge in [-0.1, -0.05) is 194 Å². The van der Waals surface area contributed by atoms with E-state index in [2.05, 4.69) is 22.9 Å². The molecule has 0 saturated carbocycles. The van der Waals surface area contributed by atoms with E-state index in [4.69, 9.17) is 0 Å². The summed E-state index contributed by atoms with van der Waals surface area (Å²) in [5.74, 6) is 0. The second-order valence-corrected chi connectivity index (χ2v) is 14.8. The van der Waals surface area contributed by atoms with Gasteiger partial charge in [0, 0.05) is 0 Å². The molecule has 0 bridgehead atoms. The van der Waals surface area contributed by atoms with Gasteiger partial charge in [-0.05, 0) is 12.8 Å². The van der Waals surface area contributed by atoms with Gasteiger partial charge in [0.25, 0.3) is 0 Å². The highest BCUT2D eigenvalue weighted by molar-refractivity contribution is 7.43. The van der Waals surface area contributed by atoms with E-state index in [0.717, 1.165) is 25.7 Å². The lowest BCUT2D eigenvalue weighted by Crippen LogP contribution is -2.16. The summed E-state index contributed by atoms with van der Waals surface area (Å²) in [6, 6.07) is 0. The van der Waals surface area contributed by atoms with Crippen LogP contribution in [0.5, 0.6) is 0 Å². The van der Waals surface area contributed by atoms with Crippen molar-refractivity contribution in [2.75, 3.05) is 13.2 Å². The highest BCUT2D eigenvalue weighted by atomic mass is 31.2. The molecule has 0 saturated heterocycles. The van der Waals surface area contributed by atoms with Crippen LogP contribution in [0.4, 0.5) is 0 Å². The predicted octanol–water partition coefficient (Wildman–Crippen LogP) is 9.41. The minimum atomic E-state index is -4.76. The topological polar surface area (TPSA) is 145 Å². The van der Waals surface area contributed by atoms with Crippen molar-refractivity contribution in [3.63, 3.8) is 0 Å². The van der Waals surface area contributed by atoms with Gasteiger partial charge in [-0.25, -0.2) is 0 Å². The van der Waals surface area contributed by atoms with Crippen LogP contribution < -0.4 is 19.6 Å². The van der Waals surface area contributed by atoms with Crippen LogP contribution in [0.3, 0.4) is 0 Å². The smallest absolute Gasteiger partial charge is 0.0596 e. The minimum Gasteiger partial charge on any atom is -0.790 e. The first-order chi connectivity index (χ1) is 21.1. The highest BCUT2D eigenvalue weighted by Crippen LogP contribution is 2.25. The number of phosphoric ester groups is 2. The second-order valence-electron chi connectivity index (χ2n) is 12.5. The molecule has 0 fully saturated rings. The van der Waals surface area contributed by atoms with E-state index < -0.39 is 15.6 Å². The first kappa shape index (κ1) is 46.3. The average molecular weight is 669 g/mol. The van der Waals surface area contributed by atoms with Crippen molar-refractivity contribution < 1.29 is 37.8 Å². The zero-order valence-corrected chi connectivity index (χ0v) is 30.6. The van der Waals surface area contributed by atoms with Crippen LogP contribution in [0.2, 0.25) is 0 Å². The van der Waals surface area contributed by atoms with E-state index >= 15 is 0 Å². The van der Waals surface area contributed by atoms with E-state index in [1.54, 1.807) is 0 Å². The van der Waals surface area contributed by atoms with Gasteiger partial charge in [0.1, 0.15) is 0 Å². The molecule has 10 heteroatoms. The monoisotopic (exact) mass is 668 g/mol. The van der Waals surface area contributed by atoms with Gasteiger partial charge in [-0.3, -0.25) is 0 Å². The van der Waals surface area contributed by atoms with Crippen LogP contribution in [0, 0.1) is 0 Å². The molecule has 0 aromatic rings. The fraction of sp³-hybridized carbons (Fsp3) is 1.00. The number of rotatable bonds is 34. The van der Waals surface area contributed by atoms with Gasteiger partial charge < -0.3 is 37.8 Å². The fourth-order valence-corrected chi connectivity index (χ4v) is 6.00. The Morgan fingerprint density at radius 2 is 0.477 bits per heavy atom. The summed E-state index contributed by atoms with van der Waals surface area (Å²) in [5, 5.41) is 0. The Balaban J connectivity index is 0. The normalized spacial score (nSPS) is 12.0. The van der Waals surface area contributed by atoms with Crippen LogP contribution in [0.25, 0.3) is 0 Å². The van der Waals surface area contributed by atoms with E-state index in [9.17, 15) is 28.7 Å². The van der Waals surface area contributed by atoms with Crippen LogP contribution in [-0.2, 0) is 18.2 Å². The van der Waals surface area contributed by atoms with Crippen LogP contribution in [0.15, 0.2) is 0 Å². The summed E-state index contributed by atoms with van der Waals surface area (Å²) in [5.41, 5.74) is 0. The molecule has 0 amide bonds. The Morgan fingerprint density at radius 1 is 0.318 bits per heavy atom. The third-order valence-electron chi connectivity index (χ3n) is 7.99. The molecule has 0 aliphatic carbocycles. The van der Waals surface area contributed by atoms with Gasteiger partial charge in [-0.15, -0.1) is 0 Å². The van der Waals surface area contributed by atoms with Gasteiger partial charge >= 0.3 is 0 Å². The molecule has 0 aromatic carbocycles. The zero-order valence-electron chi connectivity index (χ0n) is 28.8. The molecule has 0 N–H and O–H groups in total. The molecule has 0 unspecified atom stereocenters. The van der Waals surface area contributed by atoms with Crippen molar-refractivity contribution in [1.29, 1.82) is 0 Å². The molecule has 0 atom stereocenters. The first-order valence-electron chi connectivity index (χ1n) is 18.5. The average Bonchev–Trinajstić information content (AvgIpc) is 2.96. The number of hydrogen-bond donors (Lipinski definition) is 0. The first-order valence-corrected chi connectivity index (χ1v) is 21.4. The molecule has 0 radical (unpaired) electrons. The quantitative estimate of drug-likeness (QED) is 0.0487. The molecule has 8 nitrogen and oxygen atoms in total. The molecule has 0 aliphatic heterocycles. The Kier molecular flexibility index (Phi) is 38.0. The molecule has 0 rings (SSSR count). The van der Waals surface area contributed by atoms with Crippen LogP contribution in [0.1, 0.15) is 206 Å². The molecule has 0 spiro atoms. The van der Waals surface area contributed by atoms with Gasteiger partial charge in [0.15, 0.2) is 0 Å². The van der Waals surface area contributed by atoms with Crippen LogP contribution >= 0.6 is 15.6 Å². The maximum absolute atomic E-state index is 10.3. The SMILES string of the molecule is CCCCCCCCCCCCCCCCCCCCCCOP(=O)([O-])[O-].CCCCCCCCCCCCOP(=O)([O-])[O-]. The Labute approximate surface area is 272 Å². The van der Waals surface area contributed by atoms with Gasteiger partial charge in [0.2, 0.25) is 0 Å². The number of hydrogen-bond acceptors (Lipinski definition) is 8. The molecular weight excluding hydrogens is 598 g/mol. The molecule has 0 aliphatic rings. The fourth-order valence-electron chi connectivity index (χ4n) is 5.30. The maximum Gasteiger partial charge on any atom is 0.0596 e. The van der Waals surface area contributed by atoms with Gasteiger partial charge in [-0.2, -0.15) is 0 Å². The third-order valence-corrected chi connectivity index (χ3v) is 8.99. The van der Waals surface area contributed by atoms with E-state index in [1.807, 2.05) is 0 Å². The maximum atomic E-state index is 10.3. The van der Waals surface area contributed by atoms with Crippen molar-refractivity contribution in [3.8, 4) is 0 Å². The Hall–Kier alpha value is 0.220. The van der Waals surface area contributed by atoms with Gasteiger partial charge in [0.05, 0.1) is 28.9 Å². The summed E-state index contributed by atoms with van der Waals surface area (Å²) in [7, 11) is -9.50. The summed E-state index contributed by atoms with van der Waals surface area (Å²) in [4.78, 5) is 40.8.